The van der Waals surface area contributed by atoms with E-state index >= 15 is 0 Å². The highest BCUT2D eigenvalue weighted by atomic mass is 16.5. The zero-order valence-electron chi connectivity index (χ0n) is 11.4. The van der Waals surface area contributed by atoms with Crippen molar-refractivity contribution in [1.29, 1.82) is 0 Å². The molecule has 0 unspecified atom stereocenters. The van der Waals surface area contributed by atoms with Gasteiger partial charge in [-0.15, -0.1) is 0 Å². The van der Waals surface area contributed by atoms with Gasteiger partial charge in [-0.1, -0.05) is 0 Å². The van der Waals surface area contributed by atoms with Crippen LogP contribution in [0.25, 0.3) is 22.3 Å². The minimum atomic E-state index is -0.478. The Morgan fingerprint density at radius 2 is 2.05 bits per heavy atom. The van der Waals surface area contributed by atoms with Crippen LogP contribution in [-0.4, -0.2) is 22.7 Å². The van der Waals surface area contributed by atoms with Gasteiger partial charge in [-0.2, -0.15) is 0 Å². The molecule has 0 aliphatic rings. The van der Waals surface area contributed by atoms with Gasteiger partial charge < -0.3 is 14.3 Å². The van der Waals surface area contributed by atoms with E-state index in [-0.39, 0.29) is 12.4 Å². The van der Waals surface area contributed by atoms with E-state index in [1.165, 1.54) is 12.1 Å². The summed E-state index contributed by atoms with van der Waals surface area (Å²) in [7, 11) is 0. The van der Waals surface area contributed by atoms with Crippen molar-refractivity contribution in [3.05, 3.63) is 48.3 Å². The Morgan fingerprint density at radius 1 is 1.29 bits per heavy atom. The molecule has 21 heavy (non-hydrogen) atoms. The summed E-state index contributed by atoms with van der Waals surface area (Å²) in [5.74, 6) is 0.000221. The number of benzene rings is 1. The minimum Gasteiger partial charge on any atom is -0.508 e. The molecule has 106 valence electrons. The van der Waals surface area contributed by atoms with Crippen LogP contribution in [0.2, 0.25) is 0 Å². The Bertz CT molecular complexity index is 793. The van der Waals surface area contributed by atoms with E-state index in [1.54, 1.807) is 37.5 Å². The molecule has 2 heterocycles. The monoisotopic (exact) mass is 283 g/mol. The molecule has 0 fully saturated rings. The maximum absolute atomic E-state index is 12.2. The number of aromatic hydroxyl groups is 1. The first-order valence-corrected chi connectivity index (χ1v) is 6.53. The summed E-state index contributed by atoms with van der Waals surface area (Å²) >= 11 is 0. The van der Waals surface area contributed by atoms with Gasteiger partial charge in [-0.25, -0.2) is 4.79 Å². The highest BCUT2D eigenvalue weighted by molar-refractivity contribution is 6.09. The third kappa shape index (κ3) is 2.33. The number of esters is 1. The van der Waals surface area contributed by atoms with Gasteiger partial charge in [0.2, 0.25) is 0 Å². The molecule has 0 aliphatic carbocycles. The lowest BCUT2D eigenvalue weighted by molar-refractivity contribution is 0.0529. The van der Waals surface area contributed by atoms with Crippen molar-refractivity contribution in [3.63, 3.8) is 0 Å². The summed E-state index contributed by atoms with van der Waals surface area (Å²) in [6.07, 6.45) is 3.24. The fraction of sp³-hybridized carbons (Fsp3) is 0.125. The van der Waals surface area contributed by atoms with Crippen molar-refractivity contribution < 1.29 is 19.1 Å². The lowest BCUT2D eigenvalue weighted by Gasteiger charge is -2.03. The van der Waals surface area contributed by atoms with Crippen molar-refractivity contribution in [1.82, 2.24) is 4.98 Å². The Balaban J connectivity index is 2.28. The van der Waals surface area contributed by atoms with Gasteiger partial charge in [0.1, 0.15) is 22.7 Å². The fourth-order valence-electron chi connectivity index (χ4n) is 2.20. The van der Waals surface area contributed by atoms with E-state index in [0.29, 0.717) is 22.3 Å². The fourth-order valence-corrected chi connectivity index (χ4v) is 2.20. The van der Waals surface area contributed by atoms with Crippen molar-refractivity contribution in [2.45, 2.75) is 6.92 Å². The van der Waals surface area contributed by atoms with Crippen LogP contribution >= 0.6 is 0 Å². The van der Waals surface area contributed by atoms with Crippen molar-refractivity contribution in [3.8, 4) is 17.1 Å². The number of hydrogen-bond donors (Lipinski definition) is 1. The van der Waals surface area contributed by atoms with Gasteiger partial charge in [0.15, 0.2) is 0 Å². The zero-order chi connectivity index (χ0) is 14.8. The SMILES string of the molecule is CCOC(=O)c1c(-c2ccncc2)oc2ccc(O)cc12. The second kappa shape index (κ2) is 5.28. The molecule has 3 aromatic rings. The van der Waals surface area contributed by atoms with E-state index in [4.69, 9.17) is 9.15 Å². The molecule has 3 rings (SSSR count). The number of furan rings is 1. The maximum atomic E-state index is 12.2. The van der Waals surface area contributed by atoms with Crippen molar-refractivity contribution in [2.75, 3.05) is 6.61 Å². The normalized spacial score (nSPS) is 10.7. The van der Waals surface area contributed by atoms with Gasteiger partial charge in [0.25, 0.3) is 0 Å². The highest BCUT2D eigenvalue weighted by Gasteiger charge is 2.23. The maximum Gasteiger partial charge on any atom is 0.342 e. The number of ether oxygens (including phenoxy) is 1. The number of aromatic nitrogens is 1. The van der Waals surface area contributed by atoms with Gasteiger partial charge in [-0.3, -0.25) is 4.98 Å². The van der Waals surface area contributed by atoms with Crippen LogP contribution in [0, 0.1) is 0 Å². The van der Waals surface area contributed by atoms with Crippen LogP contribution < -0.4 is 0 Å². The molecule has 2 aromatic heterocycles. The van der Waals surface area contributed by atoms with Crippen LogP contribution in [0.1, 0.15) is 17.3 Å². The second-order valence-corrected chi connectivity index (χ2v) is 4.44. The van der Waals surface area contributed by atoms with Crippen LogP contribution in [-0.2, 0) is 4.74 Å². The lowest BCUT2D eigenvalue weighted by Crippen LogP contribution is -2.05. The van der Waals surface area contributed by atoms with Gasteiger partial charge >= 0.3 is 5.97 Å². The minimum absolute atomic E-state index is 0.0649. The van der Waals surface area contributed by atoms with E-state index in [0.717, 1.165) is 5.56 Å². The molecule has 1 N–H and O–H groups in total. The van der Waals surface area contributed by atoms with Gasteiger partial charge in [-0.05, 0) is 37.3 Å². The predicted octanol–water partition coefficient (Wildman–Crippen LogP) is 3.38. The van der Waals surface area contributed by atoms with Crippen molar-refractivity contribution in [2.24, 2.45) is 0 Å². The molecule has 0 amide bonds. The summed E-state index contributed by atoms with van der Waals surface area (Å²) in [6.45, 7) is 2.00. The number of carbonyl (C=O) groups excluding carboxylic acids is 1. The number of rotatable bonds is 3. The number of phenolic OH excluding ortho intramolecular Hbond substituents is 1. The molecule has 0 saturated heterocycles. The number of nitrogens with zero attached hydrogens (tertiary/aromatic N) is 1. The molecule has 0 bridgehead atoms. The molecule has 0 saturated carbocycles. The molecule has 0 spiro atoms. The number of fused-ring (bicyclic) bond motifs is 1. The third-order valence-electron chi connectivity index (χ3n) is 3.09. The number of phenols is 1. The third-order valence-corrected chi connectivity index (χ3v) is 3.09. The summed E-state index contributed by atoms with van der Waals surface area (Å²) in [5, 5.41) is 10.2. The summed E-state index contributed by atoms with van der Waals surface area (Å²) in [6, 6.07) is 8.13. The van der Waals surface area contributed by atoms with E-state index in [9.17, 15) is 9.90 Å². The van der Waals surface area contributed by atoms with E-state index in [2.05, 4.69) is 4.98 Å². The molecule has 0 atom stereocenters. The van der Waals surface area contributed by atoms with Gasteiger partial charge in [0, 0.05) is 23.3 Å². The number of pyridine rings is 1. The summed E-state index contributed by atoms with van der Waals surface area (Å²) in [4.78, 5) is 16.2. The first kappa shape index (κ1) is 13.2. The molecule has 5 heteroatoms. The molecular formula is C16H13NO4. The first-order chi connectivity index (χ1) is 10.2. The molecule has 0 aliphatic heterocycles. The van der Waals surface area contributed by atoms with E-state index in [1.807, 2.05) is 0 Å². The predicted molar refractivity (Wildman–Crippen MR) is 77.1 cm³/mol. The van der Waals surface area contributed by atoms with Crippen LogP contribution in [0.15, 0.2) is 47.1 Å². The summed E-state index contributed by atoms with van der Waals surface area (Å²) < 4.78 is 10.9. The molecule has 0 radical (unpaired) electrons. The Morgan fingerprint density at radius 3 is 2.76 bits per heavy atom. The van der Waals surface area contributed by atoms with Crippen LogP contribution in [0.5, 0.6) is 5.75 Å². The first-order valence-electron chi connectivity index (χ1n) is 6.53. The smallest absolute Gasteiger partial charge is 0.342 e. The zero-order valence-corrected chi connectivity index (χ0v) is 11.4. The Kier molecular flexibility index (Phi) is 3.31. The number of carbonyl (C=O) groups is 1. The molecular weight excluding hydrogens is 270 g/mol. The Hall–Kier alpha value is -2.82. The highest BCUT2D eigenvalue weighted by Crippen LogP contribution is 2.35. The molecule has 5 nitrogen and oxygen atoms in total. The quantitative estimate of drug-likeness (QED) is 0.746. The van der Waals surface area contributed by atoms with Gasteiger partial charge in [0.05, 0.1) is 6.61 Å². The van der Waals surface area contributed by atoms with Crippen LogP contribution in [0.4, 0.5) is 0 Å². The Labute approximate surface area is 120 Å². The summed E-state index contributed by atoms with van der Waals surface area (Å²) in [5.41, 5.74) is 1.56. The number of hydrogen-bond acceptors (Lipinski definition) is 5. The largest absolute Gasteiger partial charge is 0.508 e. The second-order valence-electron chi connectivity index (χ2n) is 4.44. The van der Waals surface area contributed by atoms with Crippen LogP contribution in [0.3, 0.4) is 0 Å². The van der Waals surface area contributed by atoms with Crippen molar-refractivity contribution >= 4 is 16.9 Å². The molecule has 1 aromatic carbocycles. The average molecular weight is 283 g/mol. The standard InChI is InChI=1S/C16H13NO4/c1-2-20-16(19)14-12-9-11(18)3-4-13(12)21-15(14)10-5-7-17-8-6-10/h3-9,18H,2H2,1H3. The average Bonchev–Trinajstić information content (AvgIpc) is 2.87. The van der Waals surface area contributed by atoms with E-state index < -0.39 is 5.97 Å². The topological polar surface area (TPSA) is 72.6 Å². The lowest BCUT2D eigenvalue weighted by atomic mass is 10.1.